The van der Waals surface area contributed by atoms with Gasteiger partial charge >= 0.3 is 0 Å². The second-order valence-electron chi connectivity index (χ2n) is 4.95. The summed E-state index contributed by atoms with van der Waals surface area (Å²) in [6.45, 7) is 0.555. The first-order valence-electron chi connectivity index (χ1n) is 6.36. The maximum absolute atomic E-state index is 12.1. The number of hydrogen-bond acceptors (Lipinski definition) is 4. The maximum atomic E-state index is 12.1. The fraction of sp³-hybridized carbons (Fsp3) is 0.462. The van der Waals surface area contributed by atoms with Crippen LogP contribution in [0.3, 0.4) is 0 Å². The van der Waals surface area contributed by atoms with Gasteiger partial charge in [-0.15, -0.1) is 0 Å². The molecule has 1 aromatic heterocycles. The van der Waals surface area contributed by atoms with Gasteiger partial charge < -0.3 is 10.1 Å². The lowest BCUT2D eigenvalue weighted by molar-refractivity contribution is -0.0679. The second-order valence-corrected chi connectivity index (χ2v) is 4.95. The number of rotatable bonds is 4. The molecule has 6 nitrogen and oxygen atoms in total. The number of ether oxygens (including phenoxy) is 1. The third-order valence-corrected chi connectivity index (χ3v) is 3.85. The van der Waals surface area contributed by atoms with E-state index in [4.69, 9.17) is 4.74 Å². The molecule has 2 N–H and O–H groups in total. The van der Waals surface area contributed by atoms with E-state index >= 15 is 0 Å². The first kappa shape index (κ1) is 12.1. The van der Waals surface area contributed by atoms with Crippen molar-refractivity contribution in [1.82, 2.24) is 20.7 Å². The van der Waals surface area contributed by atoms with Crippen molar-refractivity contribution in [3.63, 3.8) is 0 Å². The van der Waals surface area contributed by atoms with Crippen LogP contribution >= 0.6 is 0 Å². The van der Waals surface area contributed by atoms with Gasteiger partial charge in [0.1, 0.15) is 11.0 Å². The van der Waals surface area contributed by atoms with E-state index in [-0.39, 0.29) is 11.5 Å². The zero-order chi connectivity index (χ0) is 13.3. The number of benzene rings is 1. The monoisotopic (exact) mass is 260 g/mol. The quantitative estimate of drug-likeness (QED) is 0.867. The van der Waals surface area contributed by atoms with Gasteiger partial charge in [-0.3, -0.25) is 4.79 Å². The number of nitrogens with one attached hydrogen (secondary N) is 2. The van der Waals surface area contributed by atoms with Crippen molar-refractivity contribution in [2.75, 3.05) is 13.7 Å². The Bertz CT molecular complexity index is 598. The minimum atomic E-state index is -0.159. The molecule has 0 aliphatic heterocycles. The van der Waals surface area contributed by atoms with Crippen LogP contribution in [-0.4, -0.2) is 40.6 Å². The minimum Gasteiger partial charge on any atom is -0.376 e. The number of methoxy groups -OCH3 is 1. The van der Waals surface area contributed by atoms with Crippen LogP contribution in [0.2, 0.25) is 0 Å². The molecule has 1 aromatic carbocycles. The highest BCUT2D eigenvalue weighted by Crippen LogP contribution is 2.34. The number of carbonyl (C=O) groups excluding carboxylic acids is 1. The number of hydrogen-bond donors (Lipinski definition) is 2. The summed E-state index contributed by atoms with van der Waals surface area (Å²) in [5.74, 6) is -0.103. The van der Waals surface area contributed by atoms with E-state index < -0.39 is 0 Å². The first-order chi connectivity index (χ1) is 9.22. The largest absolute Gasteiger partial charge is 0.376 e. The molecular formula is C13H16N4O2. The standard InChI is InChI=1S/C13H16N4O2/c1-19-13(5-2-6-13)8-14-12(18)9-3-4-10-11(7-9)16-17-15-10/h3-4,7H,2,5-6,8H2,1H3,(H,14,18)(H,15,16,17). The Hall–Kier alpha value is -1.95. The molecule has 1 amide bonds. The molecule has 0 bridgehead atoms. The van der Waals surface area contributed by atoms with Crippen LogP contribution in [0.25, 0.3) is 11.0 Å². The molecule has 0 spiro atoms. The van der Waals surface area contributed by atoms with Crippen LogP contribution in [0.1, 0.15) is 29.6 Å². The van der Waals surface area contributed by atoms with Gasteiger partial charge in [0.15, 0.2) is 0 Å². The van der Waals surface area contributed by atoms with Crippen molar-refractivity contribution >= 4 is 16.9 Å². The van der Waals surface area contributed by atoms with Crippen LogP contribution in [0.15, 0.2) is 18.2 Å². The summed E-state index contributed by atoms with van der Waals surface area (Å²) >= 11 is 0. The van der Waals surface area contributed by atoms with E-state index in [1.165, 1.54) is 0 Å². The van der Waals surface area contributed by atoms with Crippen molar-refractivity contribution in [1.29, 1.82) is 0 Å². The normalized spacial score (nSPS) is 17.1. The molecule has 3 rings (SSSR count). The zero-order valence-electron chi connectivity index (χ0n) is 10.8. The van der Waals surface area contributed by atoms with Crippen molar-refractivity contribution < 1.29 is 9.53 Å². The predicted octanol–water partition coefficient (Wildman–Crippen LogP) is 1.26. The van der Waals surface area contributed by atoms with Crippen LogP contribution in [0, 0.1) is 0 Å². The van der Waals surface area contributed by atoms with Gasteiger partial charge in [-0.05, 0) is 37.5 Å². The van der Waals surface area contributed by atoms with E-state index in [0.29, 0.717) is 17.6 Å². The summed E-state index contributed by atoms with van der Waals surface area (Å²) in [6, 6.07) is 5.26. The van der Waals surface area contributed by atoms with Crippen molar-refractivity contribution in [2.24, 2.45) is 0 Å². The number of nitrogens with zero attached hydrogens (tertiary/aromatic N) is 2. The predicted molar refractivity (Wildman–Crippen MR) is 69.8 cm³/mol. The Morgan fingerprint density at radius 2 is 2.21 bits per heavy atom. The minimum absolute atomic E-state index is 0.103. The molecule has 2 aromatic rings. The average Bonchev–Trinajstić information content (AvgIpc) is 2.84. The topological polar surface area (TPSA) is 79.9 Å². The highest BCUT2D eigenvalue weighted by Gasteiger charge is 2.37. The molecule has 1 heterocycles. The van der Waals surface area contributed by atoms with E-state index in [0.717, 1.165) is 24.8 Å². The Kier molecular flexibility index (Phi) is 2.94. The smallest absolute Gasteiger partial charge is 0.251 e. The van der Waals surface area contributed by atoms with E-state index in [1.54, 1.807) is 25.3 Å². The van der Waals surface area contributed by atoms with Crippen LogP contribution in [-0.2, 0) is 4.74 Å². The van der Waals surface area contributed by atoms with Gasteiger partial charge in [-0.2, -0.15) is 15.4 Å². The molecular weight excluding hydrogens is 244 g/mol. The van der Waals surface area contributed by atoms with Gasteiger partial charge in [0.25, 0.3) is 5.91 Å². The van der Waals surface area contributed by atoms with Gasteiger partial charge in [-0.25, -0.2) is 0 Å². The van der Waals surface area contributed by atoms with Crippen molar-refractivity contribution in [3.8, 4) is 0 Å². The van der Waals surface area contributed by atoms with E-state index in [9.17, 15) is 4.79 Å². The SMILES string of the molecule is COC1(CNC(=O)c2ccc3n[nH]nc3c2)CCC1. The fourth-order valence-corrected chi connectivity index (χ4v) is 2.35. The number of fused-ring (bicyclic) bond motifs is 1. The average molecular weight is 260 g/mol. The Balaban J connectivity index is 1.69. The van der Waals surface area contributed by atoms with E-state index in [2.05, 4.69) is 20.7 Å². The lowest BCUT2D eigenvalue weighted by atomic mass is 9.80. The maximum Gasteiger partial charge on any atom is 0.251 e. The summed E-state index contributed by atoms with van der Waals surface area (Å²) in [5.41, 5.74) is 1.88. The first-order valence-corrected chi connectivity index (χ1v) is 6.36. The lowest BCUT2D eigenvalue weighted by Crippen LogP contribution is -2.49. The molecule has 0 unspecified atom stereocenters. The fourth-order valence-electron chi connectivity index (χ4n) is 2.35. The number of aromatic nitrogens is 3. The highest BCUT2D eigenvalue weighted by molar-refractivity contribution is 5.97. The molecule has 0 radical (unpaired) electrons. The molecule has 1 fully saturated rings. The Morgan fingerprint density at radius 1 is 1.42 bits per heavy atom. The third-order valence-electron chi connectivity index (χ3n) is 3.85. The van der Waals surface area contributed by atoms with Crippen molar-refractivity contribution in [2.45, 2.75) is 24.9 Å². The van der Waals surface area contributed by atoms with Crippen LogP contribution in [0.5, 0.6) is 0 Å². The molecule has 1 aliphatic carbocycles. The molecule has 1 saturated carbocycles. The second kappa shape index (κ2) is 4.62. The molecule has 0 saturated heterocycles. The van der Waals surface area contributed by atoms with Gasteiger partial charge in [-0.1, -0.05) is 0 Å². The lowest BCUT2D eigenvalue weighted by Gasteiger charge is -2.40. The van der Waals surface area contributed by atoms with Gasteiger partial charge in [0, 0.05) is 19.2 Å². The summed E-state index contributed by atoms with van der Waals surface area (Å²) in [7, 11) is 1.70. The van der Waals surface area contributed by atoms with Crippen LogP contribution in [0.4, 0.5) is 0 Å². The van der Waals surface area contributed by atoms with Crippen LogP contribution < -0.4 is 5.32 Å². The summed E-state index contributed by atoms with van der Waals surface area (Å²) in [4.78, 5) is 12.1. The molecule has 100 valence electrons. The van der Waals surface area contributed by atoms with E-state index in [1.807, 2.05) is 0 Å². The third kappa shape index (κ3) is 2.19. The summed E-state index contributed by atoms with van der Waals surface area (Å²) in [5, 5.41) is 13.4. The molecule has 1 aliphatic rings. The van der Waals surface area contributed by atoms with Gasteiger partial charge in [0.05, 0.1) is 5.60 Å². The zero-order valence-corrected chi connectivity index (χ0v) is 10.8. The Labute approximate surface area is 110 Å². The number of amides is 1. The number of aromatic amines is 1. The molecule has 6 heteroatoms. The summed E-state index contributed by atoms with van der Waals surface area (Å²) in [6.07, 6.45) is 3.17. The summed E-state index contributed by atoms with van der Waals surface area (Å²) < 4.78 is 5.48. The molecule has 0 atom stereocenters. The van der Waals surface area contributed by atoms with Gasteiger partial charge in [0.2, 0.25) is 0 Å². The number of H-pyrrole nitrogens is 1. The molecule has 19 heavy (non-hydrogen) atoms. The highest BCUT2D eigenvalue weighted by atomic mass is 16.5. The Morgan fingerprint density at radius 3 is 2.89 bits per heavy atom. The number of carbonyl (C=O) groups is 1. The van der Waals surface area contributed by atoms with Crippen molar-refractivity contribution in [3.05, 3.63) is 23.8 Å².